The van der Waals surface area contributed by atoms with E-state index in [0.717, 1.165) is 47.3 Å². The molecular weight excluding hydrogens is 348 g/mol. The number of rotatable bonds is 5. The molecule has 0 heteroatoms. The predicted molar refractivity (Wildman–Crippen MR) is 127 cm³/mol. The summed E-state index contributed by atoms with van der Waals surface area (Å²) in [7, 11) is 0. The van der Waals surface area contributed by atoms with E-state index in [4.69, 9.17) is 0 Å². The van der Waals surface area contributed by atoms with Crippen LogP contribution in [0.5, 0.6) is 0 Å². The molecule has 0 aromatic heterocycles. The minimum atomic E-state index is 0.595. The van der Waals surface area contributed by atoms with E-state index in [2.05, 4.69) is 65.8 Å². The molecule has 0 aromatic carbocycles. The molecule has 9 atom stereocenters. The van der Waals surface area contributed by atoms with E-state index in [9.17, 15) is 0 Å². The van der Waals surface area contributed by atoms with Gasteiger partial charge in [0.15, 0.2) is 0 Å². The first-order chi connectivity index (χ1) is 13.8. The van der Waals surface area contributed by atoms with Crippen molar-refractivity contribution in [1.82, 2.24) is 0 Å². The van der Waals surface area contributed by atoms with Gasteiger partial charge < -0.3 is 0 Å². The zero-order valence-corrected chi connectivity index (χ0v) is 20.3. The molecule has 0 heterocycles. The molecule has 0 saturated heterocycles. The summed E-state index contributed by atoms with van der Waals surface area (Å²) in [5.41, 5.74) is 1.20. The molecule has 0 aromatic rings. The van der Waals surface area contributed by atoms with Crippen LogP contribution in [-0.4, -0.2) is 0 Å². The van der Waals surface area contributed by atoms with Crippen LogP contribution in [0.25, 0.3) is 0 Å². The fourth-order valence-corrected chi connectivity index (χ4v) is 9.01. The third kappa shape index (κ3) is 3.59. The number of hydrogen-bond donors (Lipinski definition) is 0. The lowest BCUT2D eigenvalue weighted by atomic mass is 9.45. The number of hydrogen-bond acceptors (Lipinski definition) is 0. The van der Waals surface area contributed by atoms with E-state index in [1.54, 1.807) is 0 Å². The molecule has 3 fully saturated rings. The first kappa shape index (κ1) is 21.7. The van der Waals surface area contributed by atoms with Crippen molar-refractivity contribution in [3.05, 3.63) is 24.3 Å². The lowest BCUT2D eigenvalue weighted by Gasteiger charge is -2.60. The highest BCUT2D eigenvalue weighted by Gasteiger charge is 2.59. The van der Waals surface area contributed by atoms with Gasteiger partial charge in [0.2, 0.25) is 0 Å². The Hall–Kier alpha value is -0.520. The predicted octanol–water partition coefficient (Wildman–Crippen LogP) is 8.69. The van der Waals surface area contributed by atoms with Crippen LogP contribution in [0.15, 0.2) is 24.3 Å². The molecule has 0 radical (unpaired) electrons. The Morgan fingerprint density at radius 2 is 1.66 bits per heavy atom. The van der Waals surface area contributed by atoms with Crippen molar-refractivity contribution in [3.63, 3.8) is 0 Å². The molecule has 0 aliphatic heterocycles. The van der Waals surface area contributed by atoms with Crippen molar-refractivity contribution in [3.8, 4) is 0 Å². The van der Waals surface area contributed by atoms with Crippen LogP contribution in [0.2, 0.25) is 0 Å². The lowest BCUT2D eigenvalue weighted by Crippen LogP contribution is -2.52. The first-order valence-electron chi connectivity index (χ1n) is 13.2. The molecule has 29 heavy (non-hydrogen) atoms. The van der Waals surface area contributed by atoms with Crippen LogP contribution in [0.1, 0.15) is 99.3 Å². The van der Waals surface area contributed by atoms with Gasteiger partial charge in [0.05, 0.1) is 0 Å². The molecule has 0 bridgehead atoms. The summed E-state index contributed by atoms with van der Waals surface area (Å²) >= 11 is 0. The Kier molecular flexibility index (Phi) is 6.14. The smallest absolute Gasteiger partial charge is 0.0177 e. The van der Waals surface area contributed by atoms with Gasteiger partial charge in [-0.15, -0.1) is 0 Å². The Labute approximate surface area is 182 Å². The highest BCUT2D eigenvalue weighted by Crippen LogP contribution is 2.67. The van der Waals surface area contributed by atoms with Gasteiger partial charge in [-0.3, -0.25) is 0 Å². The molecule has 4 aliphatic carbocycles. The van der Waals surface area contributed by atoms with Gasteiger partial charge in [-0.2, -0.15) is 0 Å². The molecule has 0 amide bonds. The van der Waals surface area contributed by atoms with Crippen LogP contribution in [-0.2, 0) is 0 Å². The van der Waals surface area contributed by atoms with Gasteiger partial charge in [0, 0.05) is 0 Å². The summed E-state index contributed by atoms with van der Waals surface area (Å²) in [6, 6.07) is 0. The molecule has 2 unspecified atom stereocenters. The second kappa shape index (κ2) is 8.20. The molecule has 4 aliphatic rings. The lowest BCUT2D eigenvalue weighted by molar-refractivity contribution is -0.0935. The van der Waals surface area contributed by atoms with Crippen LogP contribution < -0.4 is 0 Å². The van der Waals surface area contributed by atoms with E-state index in [1.807, 2.05) is 0 Å². The van der Waals surface area contributed by atoms with Crippen molar-refractivity contribution in [1.29, 1.82) is 0 Å². The average molecular weight is 397 g/mol. The minimum Gasteiger partial charge on any atom is -0.0882 e. The topological polar surface area (TPSA) is 0 Å². The zero-order valence-electron chi connectivity index (χ0n) is 20.3. The molecular formula is C29H48. The van der Waals surface area contributed by atoms with E-state index >= 15 is 0 Å². The van der Waals surface area contributed by atoms with Crippen LogP contribution in [0.3, 0.4) is 0 Å². The van der Waals surface area contributed by atoms with Crippen molar-refractivity contribution < 1.29 is 0 Å². The molecule has 164 valence electrons. The van der Waals surface area contributed by atoms with Gasteiger partial charge >= 0.3 is 0 Å². The maximum Gasteiger partial charge on any atom is -0.0177 e. The van der Waals surface area contributed by atoms with Gasteiger partial charge in [-0.1, -0.05) is 65.8 Å². The second-order valence-electron chi connectivity index (χ2n) is 12.3. The quantitative estimate of drug-likeness (QED) is 0.408. The fraction of sp³-hybridized carbons (Fsp3) is 0.862. The van der Waals surface area contributed by atoms with E-state index in [1.165, 1.54) is 57.8 Å². The standard InChI is InChI=1S/C29H48/c1-7-22(20(2)3)12-11-21(4)25-15-16-26-24-14-13-23-10-8-9-18-28(23,5)27(24)17-19-29(25,26)6/h8,10-12,20-27H,7,9,13-19H2,1-6H3/t21-,22?,23?,24+,25-,26+,27+,28+,29-/m1/s1. The minimum absolute atomic E-state index is 0.595. The van der Waals surface area contributed by atoms with E-state index in [0.29, 0.717) is 10.8 Å². The average Bonchev–Trinajstić information content (AvgIpc) is 3.05. The Morgan fingerprint density at radius 3 is 2.38 bits per heavy atom. The Balaban J connectivity index is 1.51. The number of allylic oxidation sites excluding steroid dienone is 4. The maximum atomic E-state index is 2.71. The van der Waals surface area contributed by atoms with Gasteiger partial charge in [0.25, 0.3) is 0 Å². The Morgan fingerprint density at radius 1 is 0.897 bits per heavy atom. The normalized spacial score (nSPS) is 46.4. The summed E-state index contributed by atoms with van der Waals surface area (Å²) in [4.78, 5) is 0. The SMILES string of the molecule is CCC(C=C[C@@H](C)[C@H]1CC[C@H]2[C@@H]3CCC4C=CCC[C@]4(C)[C@H]3CC[C@]12C)C(C)C. The molecule has 0 nitrogen and oxygen atoms in total. The van der Waals surface area contributed by atoms with Crippen LogP contribution >= 0.6 is 0 Å². The molecule has 0 spiro atoms. The largest absolute Gasteiger partial charge is 0.0882 e. The monoisotopic (exact) mass is 396 g/mol. The summed E-state index contributed by atoms with van der Waals surface area (Å²) < 4.78 is 0. The summed E-state index contributed by atoms with van der Waals surface area (Å²) in [6.07, 6.45) is 23.3. The summed E-state index contributed by atoms with van der Waals surface area (Å²) in [6.45, 7) is 15.0. The van der Waals surface area contributed by atoms with Gasteiger partial charge in [-0.05, 0) is 116 Å². The summed E-state index contributed by atoms with van der Waals surface area (Å²) in [5, 5.41) is 0. The highest BCUT2D eigenvalue weighted by molar-refractivity contribution is 5.14. The van der Waals surface area contributed by atoms with Gasteiger partial charge in [-0.25, -0.2) is 0 Å². The first-order valence-corrected chi connectivity index (χ1v) is 13.2. The fourth-order valence-electron chi connectivity index (χ4n) is 9.01. The Bertz CT molecular complexity index is 626. The maximum absolute atomic E-state index is 2.71. The van der Waals surface area contributed by atoms with Gasteiger partial charge in [0.1, 0.15) is 0 Å². The van der Waals surface area contributed by atoms with Crippen molar-refractivity contribution >= 4 is 0 Å². The van der Waals surface area contributed by atoms with Crippen LogP contribution in [0, 0.1) is 58.2 Å². The molecule has 4 rings (SSSR count). The third-order valence-corrected chi connectivity index (χ3v) is 10.9. The molecule has 3 saturated carbocycles. The van der Waals surface area contributed by atoms with Crippen molar-refractivity contribution in [2.45, 2.75) is 99.3 Å². The van der Waals surface area contributed by atoms with E-state index < -0.39 is 0 Å². The highest BCUT2D eigenvalue weighted by atomic mass is 14.6. The van der Waals surface area contributed by atoms with Crippen LogP contribution in [0.4, 0.5) is 0 Å². The van der Waals surface area contributed by atoms with E-state index in [-0.39, 0.29) is 0 Å². The van der Waals surface area contributed by atoms with Crippen molar-refractivity contribution in [2.75, 3.05) is 0 Å². The molecule has 0 N–H and O–H groups in total. The second-order valence-corrected chi connectivity index (χ2v) is 12.3. The van der Waals surface area contributed by atoms with Crippen molar-refractivity contribution in [2.24, 2.45) is 58.2 Å². The number of fused-ring (bicyclic) bond motifs is 5. The zero-order chi connectivity index (χ0) is 20.8. The summed E-state index contributed by atoms with van der Waals surface area (Å²) in [5.74, 6) is 7.07. The third-order valence-electron chi connectivity index (χ3n) is 10.9.